The van der Waals surface area contributed by atoms with Crippen molar-refractivity contribution in [1.82, 2.24) is 15.2 Å². The lowest BCUT2D eigenvalue weighted by Crippen LogP contribution is -2.32. The molecule has 0 fully saturated rings. The molecule has 2 rings (SSSR count). The number of hydrazine groups is 1. The van der Waals surface area contributed by atoms with E-state index in [9.17, 15) is 0 Å². The van der Waals surface area contributed by atoms with E-state index >= 15 is 0 Å². The Morgan fingerprint density at radius 1 is 1.52 bits per heavy atom. The monoisotopic (exact) mass is 373 g/mol. The van der Waals surface area contributed by atoms with Crippen molar-refractivity contribution in [1.29, 1.82) is 0 Å². The summed E-state index contributed by atoms with van der Waals surface area (Å²) in [6, 6.07) is 5.22. The Kier molecular flexibility index (Phi) is 5.60. The molecule has 0 saturated heterocycles. The summed E-state index contributed by atoms with van der Waals surface area (Å²) < 4.78 is 7.75. The quantitative estimate of drug-likeness (QED) is 0.409. The van der Waals surface area contributed by atoms with Crippen LogP contribution < -0.4 is 17.0 Å². The van der Waals surface area contributed by atoms with Crippen LogP contribution in [0.4, 0.5) is 5.69 Å². The number of nitrogens with two attached hydrogens (primary N) is 2. The number of hydrogen-bond donors (Lipinski definition) is 3. The fourth-order valence-corrected chi connectivity index (χ4v) is 2.76. The number of nitrogens with one attached hydrogen (secondary N) is 1. The summed E-state index contributed by atoms with van der Waals surface area (Å²) >= 11 is 9.70. The number of rotatable bonds is 6. The minimum atomic E-state index is -0.366. The molecule has 0 aliphatic carbocycles. The summed E-state index contributed by atoms with van der Waals surface area (Å²) in [5, 5.41) is 4.78. The maximum absolute atomic E-state index is 6.27. The number of nitrogens with zero attached hydrogens (tertiary/aromatic N) is 2. The van der Waals surface area contributed by atoms with E-state index in [1.807, 2.05) is 18.2 Å². The number of anilines is 1. The van der Waals surface area contributed by atoms with Gasteiger partial charge in [-0.25, -0.2) is 5.43 Å². The highest BCUT2D eigenvalue weighted by molar-refractivity contribution is 9.10. The summed E-state index contributed by atoms with van der Waals surface area (Å²) in [7, 11) is 1.63. The number of methoxy groups -OCH3 is 1. The Labute approximate surface area is 136 Å². The maximum atomic E-state index is 6.27. The molecule has 1 aromatic carbocycles. The van der Waals surface area contributed by atoms with Crippen LogP contribution in [-0.2, 0) is 11.3 Å². The lowest BCUT2D eigenvalue weighted by molar-refractivity contribution is 0.182. The van der Waals surface area contributed by atoms with Crippen LogP contribution in [0.5, 0.6) is 0 Å². The van der Waals surface area contributed by atoms with Crippen LogP contribution in [0, 0.1) is 0 Å². The molecule has 0 saturated carbocycles. The average molecular weight is 375 g/mol. The third kappa shape index (κ3) is 3.56. The van der Waals surface area contributed by atoms with Crippen molar-refractivity contribution >= 4 is 33.2 Å². The van der Waals surface area contributed by atoms with Gasteiger partial charge in [-0.2, -0.15) is 5.10 Å². The Hall–Kier alpha value is -1.12. The molecule has 0 bridgehead atoms. The topological polar surface area (TPSA) is 91.1 Å². The van der Waals surface area contributed by atoms with Crippen molar-refractivity contribution in [3.8, 4) is 0 Å². The predicted molar refractivity (Wildman–Crippen MR) is 86.8 cm³/mol. The van der Waals surface area contributed by atoms with Crippen molar-refractivity contribution in [2.45, 2.75) is 12.6 Å². The van der Waals surface area contributed by atoms with Gasteiger partial charge in [-0.3, -0.25) is 10.5 Å². The van der Waals surface area contributed by atoms with Crippen LogP contribution in [0.3, 0.4) is 0 Å². The standard InChI is InChI=1S/C13H17BrClN5O/c1-21-5-4-20-13(10(15)7-18-20)12(19-17)9-6-8(14)2-3-11(9)16/h2-3,6-7,12,19H,4-5,16-17H2,1H3. The summed E-state index contributed by atoms with van der Waals surface area (Å²) in [4.78, 5) is 0. The molecule has 2 aromatic rings. The van der Waals surface area contributed by atoms with E-state index in [0.29, 0.717) is 23.9 Å². The van der Waals surface area contributed by atoms with Crippen molar-refractivity contribution in [3.05, 3.63) is 45.1 Å². The number of aromatic nitrogens is 2. The normalized spacial score (nSPS) is 12.6. The zero-order valence-electron chi connectivity index (χ0n) is 11.5. The average Bonchev–Trinajstić information content (AvgIpc) is 2.83. The van der Waals surface area contributed by atoms with Gasteiger partial charge in [-0.05, 0) is 18.2 Å². The van der Waals surface area contributed by atoms with Crippen molar-refractivity contribution in [3.63, 3.8) is 0 Å². The van der Waals surface area contributed by atoms with Gasteiger partial charge in [0.2, 0.25) is 0 Å². The molecule has 0 spiro atoms. The predicted octanol–water partition coefficient (Wildman–Crippen LogP) is 2.08. The summed E-state index contributed by atoms with van der Waals surface area (Å²) in [6.45, 7) is 1.10. The maximum Gasteiger partial charge on any atom is 0.0913 e. The highest BCUT2D eigenvalue weighted by Crippen LogP contribution is 2.32. The van der Waals surface area contributed by atoms with E-state index in [1.165, 1.54) is 0 Å². The molecule has 1 unspecified atom stereocenters. The van der Waals surface area contributed by atoms with Gasteiger partial charge in [0.05, 0.1) is 36.1 Å². The number of hydrogen-bond acceptors (Lipinski definition) is 5. The lowest BCUT2D eigenvalue weighted by Gasteiger charge is -2.20. The number of ether oxygens (including phenoxy) is 1. The zero-order valence-corrected chi connectivity index (χ0v) is 13.9. The Morgan fingerprint density at radius 3 is 2.95 bits per heavy atom. The van der Waals surface area contributed by atoms with Gasteiger partial charge < -0.3 is 10.5 Å². The van der Waals surface area contributed by atoms with Crippen LogP contribution in [-0.4, -0.2) is 23.5 Å². The molecular formula is C13H17BrClN5O. The van der Waals surface area contributed by atoms with Gasteiger partial charge in [-0.1, -0.05) is 27.5 Å². The first-order valence-corrected chi connectivity index (χ1v) is 7.46. The first kappa shape index (κ1) is 16.3. The van der Waals surface area contributed by atoms with E-state index in [-0.39, 0.29) is 6.04 Å². The molecule has 5 N–H and O–H groups in total. The number of nitrogen functional groups attached to an aromatic ring is 1. The molecule has 0 amide bonds. The molecule has 0 radical (unpaired) electrons. The van der Waals surface area contributed by atoms with Gasteiger partial charge in [0.1, 0.15) is 0 Å². The largest absolute Gasteiger partial charge is 0.398 e. The summed E-state index contributed by atoms with van der Waals surface area (Å²) in [5.74, 6) is 5.73. The van der Waals surface area contributed by atoms with Crippen LogP contribution in [0.1, 0.15) is 17.3 Å². The third-order valence-corrected chi connectivity index (χ3v) is 3.92. The van der Waals surface area contributed by atoms with E-state index < -0.39 is 0 Å². The molecule has 8 heteroatoms. The number of halogens is 2. The van der Waals surface area contributed by atoms with Crippen LogP contribution in [0.25, 0.3) is 0 Å². The fraction of sp³-hybridized carbons (Fsp3) is 0.308. The van der Waals surface area contributed by atoms with Crippen LogP contribution in [0.2, 0.25) is 5.02 Å². The van der Waals surface area contributed by atoms with Gasteiger partial charge in [0.25, 0.3) is 0 Å². The zero-order chi connectivity index (χ0) is 15.4. The second-order valence-electron chi connectivity index (χ2n) is 4.47. The molecule has 114 valence electrons. The molecule has 0 aliphatic heterocycles. The van der Waals surface area contributed by atoms with E-state index in [2.05, 4.69) is 26.5 Å². The fourth-order valence-electron chi connectivity index (χ4n) is 2.13. The first-order chi connectivity index (χ1) is 10.1. The summed E-state index contributed by atoms with van der Waals surface area (Å²) in [5.41, 5.74) is 11.0. The van der Waals surface area contributed by atoms with Crippen LogP contribution in [0.15, 0.2) is 28.9 Å². The first-order valence-electron chi connectivity index (χ1n) is 6.29. The van der Waals surface area contributed by atoms with Gasteiger partial charge in [0.15, 0.2) is 0 Å². The van der Waals surface area contributed by atoms with Gasteiger partial charge >= 0.3 is 0 Å². The molecular weight excluding hydrogens is 358 g/mol. The van der Waals surface area contributed by atoms with Crippen molar-refractivity contribution in [2.24, 2.45) is 5.84 Å². The second kappa shape index (κ2) is 7.24. The lowest BCUT2D eigenvalue weighted by atomic mass is 10.0. The van der Waals surface area contributed by atoms with E-state index in [1.54, 1.807) is 18.0 Å². The Balaban J connectivity index is 2.46. The molecule has 1 aromatic heterocycles. The molecule has 1 atom stereocenters. The number of benzene rings is 1. The van der Waals surface area contributed by atoms with Crippen molar-refractivity contribution in [2.75, 3.05) is 19.5 Å². The Bertz CT molecular complexity index is 619. The van der Waals surface area contributed by atoms with E-state index in [4.69, 9.17) is 27.9 Å². The minimum absolute atomic E-state index is 0.366. The smallest absolute Gasteiger partial charge is 0.0913 e. The highest BCUT2D eigenvalue weighted by atomic mass is 79.9. The van der Waals surface area contributed by atoms with Crippen LogP contribution >= 0.6 is 27.5 Å². The minimum Gasteiger partial charge on any atom is -0.398 e. The van der Waals surface area contributed by atoms with Crippen molar-refractivity contribution < 1.29 is 4.74 Å². The third-order valence-electron chi connectivity index (χ3n) is 3.14. The molecule has 1 heterocycles. The molecule has 21 heavy (non-hydrogen) atoms. The molecule has 0 aliphatic rings. The van der Waals surface area contributed by atoms with Gasteiger partial charge in [-0.15, -0.1) is 0 Å². The van der Waals surface area contributed by atoms with E-state index in [0.717, 1.165) is 15.7 Å². The Morgan fingerprint density at radius 2 is 2.29 bits per heavy atom. The highest BCUT2D eigenvalue weighted by Gasteiger charge is 2.23. The molecule has 6 nitrogen and oxygen atoms in total. The SMILES string of the molecule is COCCn1ncc(Cl)c1C(NN)c1cc(Br)ccc1N. The summed E-state index contributed by atoms with van der Waals surface area (Å²) in [6.07, 6.45) is 1.59. The van der Waals surface area contributed by atoms with Gasteiger partial charge in [0, 0.05) is 22.8 Å². The second-order valence-corrected chi connectivity index (χ2v) is 5.79.